The summed E-state index contributed by atoms with van der Waals surface area (Å²) in [5.41, 5.74) is 1.34. The average molecular weight is 331 g/mol. The number of anilines is 3. The Morgan fingerprint density at radius 2 is 2.05 bits per heavy atom. The van der Waals surface area contributed by atoms with Crippen LogP contribution in [0.4, 0.5) is 21.6 Å². The van der Waals surface area contributed by atoms with Gasteiger partial charge in [-0.25, -0.2) is 17.8 Å². The molecule has 9 heteroatoms. The Morgan fingerprint density at radius 3 is 2.71 bits per heavy atom. The van der Waals surface area contributed by atoms with Crippen LogP contribution in [0.2, 0.25) is 5.28 Å². The van der Waals surface area contributed by atoms with Gasteiger partial charge in [-0.3, -0.25) is 4.72 Å². The molecule has 1 aromatic carbocycles. The van der Waals surface area contributed by atoms with Crippen LogP contribution in [0.15, 0.2) is 24.4 Å². The van der Waals surface area contributed by atoms with Gasteiger partial charge in [-0.1, -0.05) is 12.1 Å². The van der Waals surface area contributed by atoms with E-state index in [1.165, 1.54) is 0 Å². The number of nitrogens with one attached hydrogen (secondary N) is 2. The molecule has 0 unspecified atom stereocenters. The minimum Gasteiger partial charge on any atom is -0.336 e. The summed E-state index contributed by atoms with van der Waals surface area (Å²) in [6.07, 6.45) is 1.96. The van der Waals surface area contributed by atoms with Crippen LogP contribution in [0.5, 0.6) is 0 Å². The zero-order chi connectivity index (χ0) is 15.6. The van der Waals surface area contributed by atoms with E-state index >= 15 is 0 Å². The van der Waals surface area contributed by atoms with E-state index in [4.69, 9.17) is 11.6 Å². The molecule has 0 amide bonds. The molecule has 0 aliphatic carbocycles. The van der Waals surface area contributed by atoms with Crippen molar-refractivity contribution >= 4 is 38.8 Å². The molecule has 1 aromatic heterocycles. The summed E-state index contributed by atoms with van der Waals surface area (Å²) < 4.78 is 38.9. The van der Waals surface area contributed by atoms with E-state index in [0.29, 0.717) is 16.9 Å². The van der Waals surface area contributed by atoms with Crippen molar-refractivity contribution in [2.45, 2.75) is 6.92 Å². The highest BCUT2D eigenvalue weighted by atomic mass is 35.5. The Hall–Kier alpha value is -1.93. The molecule has 0 saturated carbocycles. The van der Waals surface area contributed by atoms with Crippen molar-refractivity contribution in [3.8, 4) is 0 Å². The molecule has 0 spiro atoms. The fraction of sp³-hybridized carbons (Fsp3) is 0.167. The van der Waals surface area contributed by atoms with Crippen LogP contribution in [0.1, 0.15) is 5.56 Å². The number of benzene rings is 1. The standard InChI is InChI=1S/C12H12ClFN4O2S/c1-7-4-3-5-9(10(7)18-21(2,19)20)16-11-8(14)6-15-12(13)17-11/h3-6,18H,1-2H3,(H,15,16,17). The van der Waals surface area contributed by atoms with Crippen molar-refractivity contribution in [2.75, 3.05) is 16.3 Å². The van der Waals surface area contributed by atoms with Crippen molar-refractivity contribution in [1.82, 2.24) is 9.97 Å². The largest absolute Gasteiger partial charge is 0.336 e. The van der Waals surface area contributed by atoms with Gasteiger partial charge in [-0.05, 0) is 30.2 Å². The van der Waals surface area contributed by atoms with Gasteiger partial charge in [0.2, 0.25) is 15.3 Å². The zero-order valence-corrected chi connectivity index (χ0v) is 12.8. The molecule has 6 nitrogen and oxygen atoms in total. The van der Waals surface area contributed by atoms with Crippen molar-refractivity contribution in [3.63, 3.8) is 0 Å². The molecule has 2 aromatic rings. The quantitative estimate of drug-likeness (QED) is 0.842. The third-order valence-corrected chi connectivity index (χ3v) is 3.29. The lowest BCUT2D eigenvalue weighted by Crippen LogP contribution is -2.12. The second-order valence-corrected chi connectivity index (χ2v) is 6.42. The summed E-state index contributed by atoms with van der Waals surface area (Å²) in [5, 5.41) is 2.59. The monoisotopic (exact) mass is 330 g/mol. The molecule has 2 rings (SSSR count). The van der Waals surface area contributed by atoms with Gasteiger partial charge in [0, 0.05) is 0 Å². The normalized spacial score (nSPS) is 11.2. The summed E-state index contributed by atoms with van der Waals surface area (Å²) in [5.74, 6) is -0.844. The van der Waals surface area contributed by atoms with Gasteiger partial charge in [0.05, 0.1) is 23.8 Å². The van der Waals surface area contributed by atoms with E-state index in [1.54, 1.807) is 25.1 Å². The minimum atomic E-state index is -3.48. The van der Waals surface area contributed by atoms with Crippen LogP contribution in [-0.2, 0) is 10.0 Å². The number of aryl methyl sites for hydroxylation is 1. The van der Waals surface area contributed by atoms with Gasteiger partial charge in [0.25, 0.3) is 0 Å². The Morgan fingerprint density at radius 1 is 1.33 bits per heavy atom. The van der Waals surface area contributed by atoms with E-state index < -0.39 is 15.8 Å². The zero-order valence-electron chi connectivity index (χ0n) is 11.2. The van der Waals surface area contributed by atoms with Crippen LogP contribution in [0.3, 0.4) is 0 Å². The first-order valence-corrected chi connectivity index (χ1v) is 8.05. The van der Waals surface area contributed by atoms with Gasteiger partial charge in [0.1, 0.15) is 0 Å². The summed E-state index contributed by atoms with van der Waals surface area (Å²) in [7, 11) is -3.48. The molecular formula is C12H12ClFN4O2S. The lowest BCUT2D eigenvalue weighted by Gasteiger charge is -2.15. The van der Waals surface area contributed by atoms with Gasteiger partial charge >= 0.3 is 0 Å². The summed E-state index contributed by atoms with van der Waals surface area (Å²) in [6, 6.07) is 5.02. The van der Waals surface area contributed by atoms with Gasteiger partial charge < -0.3 is 5.32 Å². The number of halogens is 2. The number of sulfonamides is 1. The number of aromatic nitrogens is 2. The SMILES string of the molecule is Cc1cccc(Nc2nc(Cl)ncc2F)c1NS(C)(=O)=O. The molecule has 0 bridgehead atoms. The van der Waals surface area contributed by atoms with Crippen LogP contribution in [0.25, 0.3) is 0 Å². The predicted octanol–water partition coefficient (Wildman–Crippen LogP) is 2.69. The van der Waals surface area contributed by atoms with Crippen LogP contribution in [-0.4, -0.2) is 24.6 Å². The first kappa shape index (κ1) is 15.5. The number of rotatable bonds is 4. The molecular weight excluding hydrogens is 319 g/mol. The molecule has 21 heavy (non-hydrogen) atoms. The Balaban J connectivity index is 2.45. The lowest BCUT2D eigenvalue weighted by molar-refractivity contribution is 0.607. The van der Waals surface area contributed by atoms with Crippen LogP contribution >= 0.6 is 11.6 Å². The maximum atomic E-state index is 13.6. The van der Waals surface area contributed by atoms with E-state index in [-0.39, 0.29) is 11.1 Å². The molecule has 0 aliphatic rings. The maximum absolute atomic E-state index is 13.6. The van der Waals surface area contributed by atoms with Gasteiger partial charge in [-0.2, -0.15) is 4.98 Å². The third-order valence-electron chi connectivity index (χ3n) is 2.53. The highest BCUT2D eigenvalue weighted by Crippen LogP contribution is 2.29. The van der Waals surface area contributed by atoms with Crippen molar-refractivity contribution in [3.05, 3.63) is 41.1 Å². The number of hydrogen-bond donors (Lipinski definition) is 2. The summed E-state index contributed by atoms with van der Waals surface area (Å²) >= 11 is 5.62. The first-order valence-electron chi connectivity index (χ1n) is 5.79. The molecule has 0 radical (unpaired) electrons. The van der Waals surface area contributed by atoms with E-state index in [2.05, 4.69) is 20.0 Å². The summed E-state index contributed by atoms with van der Waals surface area (Å²) in [4.78, 5) is 7.23. The highest BCUT2D eigenvalue weighted by molar-refractivity contribution is 7.92. The van der Waals surface area contributed by atoms with E-state index in [9.17, 15) is 12.8 Å². The van der Waals surface area contributed by atoms with Crippen LogP contribution < -0.4 is 10.0 Å². The third kappa shape index (κ3) is 4.02. The number of nitrogens with zero attached hydrogens (tertiary/aromatic N) is 2. The van der Waals surface area contributed by atoms with Crippen molar-refractivity contribution < 1.29 is 12.8 Å². The summed E-state index contributed by atoms with van der Waals surface area (Å²) in [6.45, 7) is 1.72. The Labute approximate surface area is 126 Å². The molecule has 2 N–H and O–H groups in total. The number of hydrogen-bond acceptors (Lipinski definition) is 5. The topological polar surface area (TPSA) is 84.0 Å². The van der Waals surface area contributed by atoms with Crippen molar-refractivity contribution in [1.29, 1.82) is 0 Å². The van der Waals surface area contributed by atoms with Gasteiger partial charge in [0.15, 0.2) is 11.6 Å². The smallest absolute Gasteiger partial charge is 0.229 e. The molecule has 0 aliphatic heterocycles. The Kier molecular flexibility index (Phi) is 4.29. The molecule has 112 valence electrons. The van der Waals surface area contributed by atoms with E-state index in [1.807, 2.05) is 0 Å². The predicted molar refractivity (Wildman–Crippen MR) is 79.9 cm³/mol. The average Bonchev–Trinajstić information content (AvgIpc) is 2.37. The van der Waals surface area contributed by atoms with Gasteiger partial charge in [-0.15, -0.1) is 0 Å². The Bertz CT molecular complexity index is 783. The second-order valence-electron chi connectivity index (χ2n) is 4.33. The number of para-hydroxylation sites is 1. The lowest BCUT2D eigenvalue weighted by atomic mass is 10.2. The fourth-order valence-electron chi connectivity index (χ4n) is 1.65. The second kappa shape index (κ2) is 5.82. The molecule has 0 fully saturated rings. The van der Waals surface area contributed by atoms with Crippen LogP contribution in [0, 0.1) is 12.7 Å². The fourth-order valence-corrected chi connectivity index (χ4v) is 2.43. The molecule has 0 saturated heterocycles. The highest BCUT2D eigenvalue weighted by Gasteiger charge is 2.13. The minimum absolute atomic E-state index is 0.121. The van der Waals surface area contributed by atoms with E-state index in [0.717, 1.165) is 12.5 Å². The molecule has 0 atom stereocenters. The molecule has 1 heterocycles. The van der Waals surface area contributed by atoms with Crippen molar-refractivity contribution in [2.24, 2.45) is 0 Å². The maximum Gasteiger partial charge on any atom is 0.229 e. The first-order chi connectivity index (χ1) is 9.76.